The molecule has 0 atom stereocenters. The predicted molar refractivity (Wildman–Crippen MR) is 59.7 cm³/mol. The van der Waals surface area contributed by atoms with Gasteiger partial charge in [-0.05, 0) is 34.8 Å². The molecule has 1 aliphatic carbocycles. The Morgan fingerprint density at radius 2 is 2.31 bits per heavy atom. The first-order valence-electron chi connectivity index (χ1n) is 5.07. The first-order chi connectivity index (χ1) is 7.53. The fourth-order valence-electron chi connectivity index (χ4n) is 2.23. The van der Waals surface area contributed by atoms with Crippen LogP contribution in [0.2, 0.25) is 0 Å². The normalized spacial score (nSPS) is 17.9. The van der Waals surface area contributed by atoms with Crippen LogP contribution in [-0.4, -0.2) is 16.1 Å². The number of aliphatic carboxylic acids is 1. The lowest BCUT2D eigenvalue weighted by molar-refractivity contribution is -0.139. The van der Waals surface area contributed by atoms with Gasteiger partial charge in [0.1, 0.15) is 0 Å². The van der Waals surface area contributed by atoms with Crippen LogP contribution in [0.1, 0.15) is 31.2 Å². The van der Waals surface area contributed by atoms with Crippen molar-refractivity contribution < 1.29 is 14.3 Å². The van der Waals surface area contributed by atoms with E-state index in [0.717, 1.165) is 6.42 Å². The molecule has 1 aliphatic rings. The first kappa shape index (κ1) is 11.5. The van der Waals surface area contributed by atoms with Gasteiger partial charge in [0.2, 0.25) is 5.95 Å². The highest BCUT2D eigenvalue weighted by Gasteiger charge is 2.42. The predicted octanol–water partition coefficient (Wildman–Crippen LogP) is 2.88. The van der Waals surface area contributed by atoms with Crippen molar-refractivity contribution in [3.05, 3.63) is 28.2 Å². The fourth-order valence-corrected chi connectivity index (χ4v) is 2.56. The number of carbonyl (C=O) groups is 1. The summed E-state index contributed by atoms with van der Waals surface area (Å²) in [5.41, 5.74) is -0.122. The first-order valence-corrected chi connectivity index (χ1v) is 5.86. The van der Waals surface area contributed by atoms with E-state index in [9.17, 15) is 9.18 Å². The van der Waals surface area contributed by atoms with Gasteiger partial charge in [0.15, 0.2) is 0 Å². The molecule has 3 nitrogen and oxygen atoms in total. The highest BCUT2D eigenvalue weighted by atomic mass is 79.9. The van der Waals surface area contributed by atoms with Crippen LogP contribution < -0.4 is 0 Å². The molecule has 1 aromatic heterocycles. The molecule has 1 N–H and O–H groups in total. The number of carboxylic acids is 1. The zero-order valence-electron chi connectivity index (χ0n) is 8.54. The Hall–Kier alpha value is -0.970. The summed E-state index contributed by atoms with van der Waals surface area (Å²) in [5, 5.41) is 8.88. The lowest BCUT2D eigenvalue weighted by Crippen LogP contribution is -2.37. The molecule has 0 saturated heterocycles. The maximum absolute atomic E-state index is 13.6. The summed E-state index contributed by atoms with van der Waals surface area (Å²) in [6.45, 7) is 0. The monoisotopic (exact) mass is 287 g/mol. The molecule has 16 heavy (non-hydrogen) atoms. The molecular formula is C11H11BrFNO2. The Kier molecular flexibility index (Phi) is 2.97. The summed E-state index contributed by atoms with van der Waals surface area (Å²) in [5.74, 6) is -1.44. The van der Waals surface area contributed by atoms with Gasteiger partial charge >= 0.3 is 5.97 Å². The number of rotatable bonds is 3. The zero-order valence-corrected chi connectivity index (χ0v) is 10.1. The molecule has 0 bridgehead atoms. The number of aromatic nitrogens is 1. The van der Waals surface area contributed by atoms with Gasteiger partial charge in [-0.15, -0.1) is 0 Å². The number of hydrogen-bond donors (Lipinski definition) is 1. The molecule has 0 unspecified atom stereocenters. The Morgan fingerprint density at radius 3 is 2.81 bits per heavy atom. The average molecular weight is 288 g/mol. The minimum absolute atomic E-state index is 0.0257. The fraction of sp³-hybridized carbons (Fsp3) is 0.455. The summed E-state index contributed by atoms with van der Waals surface area (Å²) in [6.07, 6.45) is 3.73. The molecule has 0 aliphatic heterocycles. The van der Waals surface area contributed by atoms with Crippen LogP contribution in [0.3, 0.4) is 0 Å². The molecule has 1 heterocycles. The number of nitrogens with zero attached hydrogens (tertiary/aromatic N) is 1. The lowest BCUT2D eigenvalue weighted by atomic mass is 9.63. The lowest BCUT2D eigenvalue weighted by Gasteiger charge is -2.41. The van der Waals surface area contributed by atoms with Crippen LogP contribution in [0.25, 0.3) is 0 Å². The van der Waals surface area contributed by atoms with Crippen molar-refractivity contribution in [1.82, 2.24) is 4.98 Å². The van der Waals surface area contributed by atoms with Gasteiger partial charge in [-0.25, -0.2) is 4.98 Å². The summed E-state index contributed by atoms with van der Waals surface area (Å²) in [7, 11) is 0. The van der Waals surface area contributed by atoms with Gasteiger partial charge in [0.25, 0.3) is 0 Å². The smallest absolute Gasteiger partial charge is 0.304 e. The second-order valence-corrected chi connectivity index (χ2v) is 5.11. The topological polar surface area (TPSA) is 50.2 Å². The third kappa shape index (κ3) is 1.96. The van der Waals surface area contributed by atoms with Crippen molar-refractivity contribution in [2.24, 2.45) is 0 Å². The van der Waals surface area contributed by atoms with Gasteiger partial charge < -0.3 is 5.11 Å². The van der Waals surface area contributed by atoms with Crippen LogP contribution in [-0.2, 0) is 10.2 Å². The summed E-state index contributed by atoms with van der Waals surface area (Å²) in [4.78, 5) is 14.5. The van der Waals surface area contributed by atoms with E-state index in [0.29, 0.717) is 22.9 Å². The zero-order chi connectivity index (χ0) is 11.8. The number of hydrogen-bond acceptors (Lipinski definition) is 2. The largest absolute Gasteiger partial charge is 0.481 e. The summed E-state index contributed by atoms with van der Waals surface area (Å²) < 4.78 is 14.3. The highest BCUT2D eigenvalue weighted by Crippen LogP contribution is 2.47. The van der Waals surface area contributed by atoms with E-state index in [4.69, 9.17) is 5.11 Å². The van der Waals surface area contributed by atoms with Crippen LogP contribution in [0.15, 0.2) is 16.7 Å². The van der Waals surface area contributed by atoms with Crippen LogP contribution >= 0.6 is 15.9 Å². The second-order valence-electron chi connectivity index (χ2n) is 4.20. The minimum atomic E-state index is -0.890. The number of pyridine rings is 1. The molecule has 2 rings (SSSR count). The van der Waals surface area contributed by atoms with Crippen molar-refractivity contribution in [2.75, 3.05) is 0 Å². The third-order valence-electron chi connectivity index (χ3n) is 3.18. The third-order valence-corrected chi connectivity index (χ3v) is 3.61. The van der Waals surface area contributed by atoms with Crippen LogP contribution in [0.5, 0.6) is 0 Å². The molecule has 0 aromatic carbocycles. The van der Waals surface area contributed by atoms with E-state index in [1.807, 2.05) is 0 Å². The highest BCUT2D eigenvalue weighted by molar-refractivity contribution is 9.10. The van der Waals surface area contributed by atoms with Crippen molar-refractivity contribution in [1.29, 1.82) is 0 Å². The van der Waals surface area contributed by atoms with Gasteiger partial charge in [-0.3, -0.25) is 4.79 Å². The SMILES string of the molecule is O=C(O)CC1(c2cc(Br)cnc2F)CCC1. The second kappa shape index (κ2) is 4.13. The summed E-state index contributed by atoms with van der Waals surface area (Å²) >= 11 is 3.23. The van der Waals surface area contributed by atoms with Crippen molar-refractivity contribution in [3.8, 4) is 0 Å². The van der Waals surface area contributed by atoms with Gasteiger partial charge in [-0.1, -0.05) is 6.42 Å². The maximum Gasteiger partial charge on any atom is 0.304 e. The van der Waals surface area contributed by atoms with Crippen LogP contribution in [0.4, 0.5) is 4.39 Å². The van der Waals surface area contributed by atoms with Crippen LogP contribution in [0, 0.1) is 5.95 Å². The number of halogens is 2. The summed E-state index contributed by atoms with van der Waals surface area (Å²) in [6, 6.07) is 1.64. The van der Waals surface area contributed by atoms with E-state index in [2.05, 4.69) is 20.9 Å². The van der Waals surface area contributed by atoms with Gasteiger partial charge in [0, 0.05) is 21.6 Å². The van der Waals surface area contributed by atoms with Crippen molar-refractivity contribution in [2.45, 2.75) is 31.1 Å². The Bertz CT molecular complexity index is 432. The van der Waals surface area contributed by atoms with Gasteiger partial charge in [-0.2, -0.15) is 4.39 Å². The molecule has 1 saturated carbocycles. The molecule has 0 radical (unpaired) electrons. The molecular weight excluding hydrogens is 277 g/mol. The standard InChI is InChI=1S/C11H11BrFNO2/c12-7-4-8(10(13)14-6-7)11(2-1-3-11)5-9(15)16/h4,6H,1-3,5H2,(H,15,16). The molecule has 5 heteroatoms. The van der Waals surface area contributed by atoms with Gasteiger partial charge in [0.05, 0.1) is 6.42 Å². The molecule has 0 amide bonds. The van der Waals surface area contributed by atoms with Crippen molar-refractivity contribution >= 4 is 21.9 Å². The molecule has 1 fully saturated rings. The Morgan fingerprint density at radius 1 is 1.62 bits per heavy atom. The van der Waals surface area contributed by atoms with E-state index >= 15 is 0 Å². The Balaban J connectivity index is 2.39. The van der Waals surface area contributed by atoms with E-state index in [-0.39, 0.29) is 6.42 Å². The number of carboxylic acid groups (broad SMARTS) is 1. The minimum Gasteiger partial charge on any atom is -0.481 e. The van der Waals surface area contributed by atoms with E-state index in [1.54, 1.807) is 6.07 Å². The molecule has 0 spiro atoms. The average Bonchev–Trinajstić information content (AvgIpc) is 2.15. The maximum atomic E-state index is 13.6. The Labute approximate surface area is 101 Å². The molecule has 86 valence electrons. The van der Waals surface area contributed by atoms with E-state index in [1.165, 1.54) is 6.20 Å². The van der Waals surface area contributed by atoms with Crippen molar-refractivity contribution in [3.63, 3.8) is 0 Å². The molecule has 1 aromatic rings. The van der Waals surface area contributed by atoms with E-state index < -0.39 is 17.3 Å². The quantitative estimate of drug-likeness (QED) is 0.870.